The van der Waals surface area contributed by atoms with E-state index in [1.165, 1.54) is 19.2 Å². The first-order valence-electron chi connectivity index (χ1n) is 12.6. The van der Waals surface area contributed by atoms with Gasteiger partial charge in [0, 0.05) is 37.2 Å². The van der Waals surface area contributed by atoms with E-state index in [4.69, 9.17) is 9.47 Å². The zero-order valence-corrected chi connectivity index (χ0v) is 22.6. The highest BCUT2D eigenvalue weighted by Gasteiger charge is 2.20. The van der Waals surface area contributed by atoms with E-state index in [1.807, 2.05) is 32.0 Å². The summed E-state index contributed by atoms with van der Waals surface area (Å²) >= 11 is 0. The maximum absolute atomic E-state index is 12.6. The van der Waals surface area contributed by atoms with Gasteiger partial charge >= 0.3 is 0 Å². The van der Waals surface area contributed by atoms with Crippen LogP contribution in [-0.2, 0) is 32.6 Å². The van der Waals surface area contributed by atoms with E-state index in [0.29, 0.717) is 31.9 Å². The molecule has 37 heavy (non-hydrogen) atoms. The highest BCUT2D eigenvalue weighted by atomic mass is 32.2. The molecule has 9 nitrogen and oxygen atoms in total. The van der Waals surface area contributed by atoms with E-state index in [0.717, 1.165) is 36.1 Å². The monoisotopic (exact) mass is 531 g/mol. The van der Waals surface area contributed by atoms with Crippen LogP contribution in [0.15, 0.2) is 47.4 Å². The summed E-state index contributed by atoms with van der Waals surface area (Å²) in [6.45, 7) is 6.15. The predicted octanol–water partition coefficient (Wildman–Crippen LogP) is 3.02. The van der Waals surface area contributed by atoms with Gasteiger partial charge in [-0.2, -0.15) is 0 Å². The van der Waals surface area contributed by atoms with Gasteiger partial charge in [0.25, 0.3) is 10.0 Å². The third-order valence-electron chi connectivity index (χ3n) is 6.22. The van der Waals surface area contributed by atoms with Crippen LogP contribution in [0, 0.1) is 0 Å². The molecule has 1 aliphatic rings. The van der Waals surface area contributed by atoms with Crippen LogP contribution in [-0.4, -0.2) is 58.0 Å². The predicted molar refractivity (Wildman–Crippen MR) is 141 cm³/mol. The minimum atomic E-state index is -4.00. The van der Waals surface area contributed by atoms with Crippen LogP contribution in [0.2, 0.25) is 0 Å². The number of ether oxygens (including phenoxy) is 2. The summed E-state index contributed by atoms with van der Waals surface area (Å²) in [6, 6.07) is 11.9. The molecule has 0 aromatic heterocycles. The summed E-state index contributed by atoms with van der Waals surface area (Å²) in [7, 11) is -2.56. The van der Waals surface area contributed by atoms with Crippen molar-refractivity contribution in [3.8, 4) is 11.5 Å². The first-order valence-corrected chi connectivity index (χ1v) is 14.1. The number of fused-ring (bicyclic) bond motifs is 1. The van der Waals surface area contributed by atoms with Crippen LogP contribution in [0.25, 0.3) is 0 Å². The Morgan fingerprint density at radius 3 is 2.70 bits per heavy atom. The van der Waals surface area contributed by atoms with Gasteiger partial charge < -0.3 is 14.8 Å². The fourth-order valence-electron chi connectivity index (χ4n) is 4.03. The molecule has 2 aromatic carbocycles. The SMILES string of the molecule is COc1cccc(S(=O)(=O)NC(=O)CCc2ccc3c(c2)CN(C(C)C)CC(=O)NCCCCCO3)c1. The summed E-state index contributed by atoms with van der Waals surface area (Å²) in [5.41, 5.74) is 1.82. The molecule has 0 radical (unpaired) electrons. The first kappa shape index (κ1) is 28.5. The molecule has 2 aromatic rings. The average molecular weight is 532 g/mol. The summed E-state index contributed by atoms with van der Waals surface area (Å²) in [4.78, 5) is 27.0. The van der Waals surface area contributed by atoms with Crippen molar-refractivity contribution in [1.82, 2.24) is 14.9 Å². The number of nitrogens with zero attached hydrogens (tertiary/aromatic N) is 1. The number of rotatable bonds is 7. The number of benzene rings is 2. The molecule has 10 heteroatoms. The molecule has 0 saturated heterocycles. The minimum Gasteiger partial charge on any atom is -0.497 e. The molecule has 0 atom stereocenters. The molecule has 1 aliphatic heterocycles. The van der Waals surface area contributed by atoms with Crippen molar-refractivity contribution in [3.05, 3.63) is 53.6 Å². The molecule has 0 bridgehead atoms. The quantitative estimate of drug-likeness (QED) is 0.565. The molecule has 0 aliphatic carbocycles. The molecule has 0 saturated carbocycles. The number of methoxy groups -OCH3 is 1. The van der Waals surface area contributed by atoms with Crippen LogP contribution < -0.4 is 19.5 Å². The van der Waals surface area contributed by atoms with E-state index >= 15 is 0 Å². The minimum absolute atomic E-state index is 0.000450. The van der Waals surface area contributed by atoms with E-state index in [2.05, 4.69) is 14.9 Å². The summed E-state index contributed by atoms with van der Waals surface area (Å²) in [5, 5.41) is 2.99. The number of carbonyl (C=O) groups is 2. The number of hydrogen-bond donors (Lipinski definition) is 2. The zero-order chi connectivity index (χ0) is 26.8. The van der Waals surface area contributed by atoms with Gasteiger partial charge in [-0.3, -0.25) is 14.5 Å². The second kappa shape index (κ2) is 13.4. The maximum Gasteiger partial charge on any atom is 0.264 e. The highest BCUT2D eigenvalue weighted by Crippen LogP contribution is 2.24. The summed E-state index contributed by atoms with van der Waals surface area (Å²) in [6.07, 6.45) is 3.13. The standard InChI is InChI=1S/C27H37N3O6S/c1-20(2)30-18-22-16-21(10-12-25(22)36-15-6-4-5-14-28-27(32)19-30)11-13-26(31)29-37(33,34)24-9-7-8-23(17-24)35-3/h7-10,12,16-17,20H,4-6,11,13-15,18-19H2,1-3H3,(H,28,32)(H,29,31). The van der Waals surface area contributed by atoms with Crippen LogP contribution in [0.4, 0.5) is 0 Å². The first-order chi connectivity index (χ1) is 17.7. The fourth-order valence-corrected chi connectivity index (χ4v) is 5.08. The molecular formula is C27H37N3O6S. The van der Waals surface area contributed by atoms with Crippen LogP contribution in [0.3, 0.4) is 0 Å². The van der Waals surface area contributed by atoms with E-state index < -0.39 is 15.9 Å². The van der Waals surface area contributed by atoms with Crippen LogP contribution in [0.5, 0.6) is 11.5 Å². The average Bonchev–Trinajstić information content (AvgIpc) is 2.88. The molecule has 2 amide bonds. The van der Waals surface area contributed by atoms with Gasteiger partial charge in [0.15, 0.2) is 0 Å². The lowest BCUT2D eigenvalue weighted by atomic mass is 10.0. The third kappa shape index (κ3) is 8.75. The van der Waals surface area contributed by atoms with Crippen molar-refractivity contribution in [3.63, 3.8) is 0 Å². The van der Waals surface area contributed by atoms with Crippen molar-refractivity contribution in [1.29, 1.82) is 0 Å². The van der Waals surface area contributed by atoms with Gasteiger partial charge in [0.1, 0.15) is 11.5 Å². The highest BCUT2D eigenvalue weighted by molar-refractivity contribution is 7.90. The largest absolute Gasteiger partial charge is 0.497 e. The Hall–Kier alpha value is -3.11. The van der Waals surface area contributed by atoms with Crippen molar-refractivity contribution in [2.45, 2.75) is 63.4 Å². The van der Waals surface area contributed by atoms with Crippen LogP contribution in [0.1, 0.15) is 50.7 Å². The normalized spacial score (nSPS) is 15.8. The summed E-state index contributed by atoms with van der Waals surface area (Å²) < 4.78 is 38.5. The third-order valence-corrected chi connectivity index (χ3v) is 7.59. The Bertz CT molecular complexity index is 1180. The number of amides is 2. The van der Waals surface area contributed by atoms with Gasteiger partial charge in [-0.25, -0.2) is 13.1 Å². The number of carbonyl (C=O) groups excluding carboxylic acids is 2. The van der Waals surface area contributed by atoms with Crippen molar-refractivity contribution >= 4 is 21.8 Å². The molecule has 0 unspecified atom stereocenters. The Morgan fingerprint density at radius 2 is 1.95 bits per heavy atom. The Balaban J connectivity index is 1.71. The van der Waals surface area contributed by atoms with Crippen molar-refractivity contribution < 1.29 is 27.5 Å². The van der Waals surface area contributed by atoms with Gasteiger partial charge in [-0.05, 0) is 63.3 Å². The lowest BCUT2D eigenvalue weighted by molar-refractivity contribution is -0.123. The van der Waals surface area contributed by atoms with Gasteiger partial charge in [0.05, 0.1) is 25.2 Å². The topological polar surface area (TPSA) is 114 Å². The lowest BCUT2D eigenvalue weighted by Crippen LogP contribution is -2.40. The van der Waals surface area contributed by atoms with Crippen molar-refractivity contribution in [2.24, 2.45) is 0 Å². The van der Waals surface area contributed by atoms with Crippen LogP contribution >= 0.6 is 0 Å². The Labute approximate surface area is 219 Å². The molecule has 2 N–H and O–H groups in total. The molecular weight excluding hydrogens is 494 g/mol. The Morgan fingerprint density at radius 1 is 1.14 bits per heavy atom. The molecule has 0 spiro atoms. The zero-order valence-electron chi connectivity index (χ0n) is 21.8. The summed E-state index contributed by atoms with van der Waals surface area (Å²) in [5.74, 6) is 0.558. The molecule has 1 heterocycles. The second-order valence-electron chi connectivity index (χ2n) is 9.41. The fraction of sp³-hybridized carbons (Fsp3) is 0.481. The van der Waals surface area contributed by atoms with E-state index in [9.17, 15) is 18.0 Å². The number of aryl methyl sites for hydroxylation is 1. The van der Waals surface area contributed by atoms with E-state index in [1.54, 1.807) is 12.1 Å². The van der Waals surface area contributed by atoms with Crippen molar-refractivity contribution in [2.75, 3.05) is 26.8 Å². The molecule has 0 fully saturated rings. The number of sulfonamides is 1. The maximum atomic E-state index is 12.6. The lowest BCUT2D eigenvalue weighted by Gasteiger charge is -2.27. The number of hydrogen-bond acceptors (Lipinski definition) is 7. The second-order valence-corrected chi connectivity index (χ2v) is 11.1. The van der Waals surface area contributed by atoms with E-state index in [-0.39, 0.29) is 29.8 Å². The van der Waals surface area contributed by atoms with Gasteiger partial charge in [-0.1, -0.05) is 18.2 Å². The van der Waals surface area contributed by atoms with Gasteiger partial charge in [0.2, 0.25) is 11.8 Å². The van der Waals surface area contributed by atoms with Gasteiger partial charge in [-0.15, -0.1) is 0 Å². The Kier molecular flexibility index (Phi) is 10.3. The molecule has 202 valence electrons. The number of nitrogens with one attached hydrogen (secondary N) is 2. The smallest absolute Gasteiger partial charge is 0.264 e. The molecule has 3 rings (SSSR count).